The quantitative estimate of drug-likeness (QED) is 0.680. The van der Waals surface area contributed by atoms with Gasteiger partial charge in [0.15, 0.2) is 0 Å². The molecule has 1 N–H and O–H groups in total. The third-order valence-corrected chi connectivity index (χ3v) is 6.04. The topological polar surface area (TPSA) is 67.9 Å². The number of benzene rings is 2. The van der Waals surface area contributed by atoms with Crippen molar-refractivity contribution < 1.29 is 17.9 Å². The largest absolute Gasteiger partial charge is 0.497 e. The van der Waals surface area contributed by atoms with Gasteiger partial charge >= 0.3 is 0 Å². The maximum atomic E-state index is 12.6. The second-order valence-electron chi connectivity index (χ2n) is 5.90. The molecular formula is C18H23BrN2O4S. The van der Waals surface area contributed by atoms with Gasteiger partial charge in [0, 0.05) is 12.6 Å². The number of likely N-dealkylation sites (N-methyl/N-ethyl adjacent to an activating group) is 1. The molecule has 6 nitrogen and oxygen atoms in total. The van der Waals surface area contributed by atoms with Gasteiger partial charge < -0.3 is 14.4 Å². The van der Waals surface area contributed by atoms with Gasteiger partial charge in [0.05, 0.1) is 23.6 Å². The number of halogens is 1. The highest BCUT2D eigenvalue weighted by atomic mass is 79.9. The Balaban J connectivity index is 2.21. The molecule has 0 saturated carbocycles. The minimum absolute atomic E-state index is 0.137. The van der Waals surface area contributed by atoms with E-state index in [0.717, 1.165) is 11.3 Å². The summed E-state index contributed by atoms with van der Waals surface area (Å²) in [6.07, 6.45) is 0. The van der Waals surface area contributed by atoms with Crippen LogP contribution in [0.1, 0.15) is 11.6 Å². The summed E-state index contributed by atoms with van der Waals surface area (Å²) in [6.45, 7) is 0.228. The lowest BCUT2D eigenvalue weighted by Gasteiger charge is -2.25. The Morgan fingerprint density at radius 2 is 1.85 bits per heavy atom. The molecule has 2 rings (SSSR count). The predicted molar refractivity (Wildman–Crippen MR) is 105 cm³/mol. The molecular weight excluding hydrogens is 420 g/mol. The maximum absolute atomic E-state index is 12.6. The fraction of sp³-hybridized carbons (Fsp3) is 0.333. The molecule has 0 aromatic heterocycles. The zero-order valence-electron chi connectivity index (χ0n) is 15.2. The van der Waals surface area contributed by atoms with E-state index in [1.165, 1.54) is 19.2 Å². The van der Waals surface area contributed by atoms with Crippen LogP contribution in [0.25, 0.3) is 0 Å². The molecule has 0 aliphatic heterocycles. The SMILES string of the molecule is COc1cccc(C(CNS(=O)(=O)c2ccc(OC)c(Br)c2)N(C)C)c1. The number of hydrogen-bond donors (Lipinski definition) is 1. The lowest BCUT2D eigenvalue weighted by Crippen LogP contribution is -2.34. The van der Waals surface area contributed by atoms with Crippen molar-refractivity contribution in [3.05, 3.63) is 52.5 Å². The van der Waals surface area contributed by atoms with Crippen LogP contribution in [0.4, 0.5) is 0 Å². The van der Waals surface area contributed by atoms with Crippen LogP contribution in [0.15, 0.2) is 51.8 Å². The summed E-state index contributed by atoms with van der Waals surface area (Å²) in [5.74, 6) is 1.31. The van der Waals surface area contributed by atoms with Gasteiger partial charge in [-0.05, 0) is 65.9 Å². The zero-order chi connectivity index (χ0) is 19.3. The third kappa shape index (κ3) is 4.97. The number of nitrogens with one attached hydrogen (secondary N) is 1. The van der Waals surface area contributed by atoms with Crippen LogP contribution in [-0.4, -0.2) is 48.2 Å². The van der Waals surface area contributed by atoms with E-state index in [1.54, 1.807) is 13.2 Å². The van der Waals surface area contributed by atoms with Gasteiger partial charge in [-0.2, -0.15) is 0 Å². The third-order valence-electron chi connectivity index (χ3n) is 4.00. The van der Waals surface area contributed by atoms with Crippen molar-refractivity contribution in [2.24, 2.45) is 0 Å². The fourth-order valence-electron chi connectivity index (χ4n) is 2.53. The average Bonchev–Trinajstić information content (AvgIpc) is 2.61. The Bertz CT molecular complexity index is 856. The molecule has 0 aliphatic rings. The predicted octanol–water partition coefficient (Wildman–Crippen LogP) is 3.05. The second kappa shape index (κ2) is 8.85. The van der Waals surface area contributed by atoms with Gasteiger partial charge in [0.25, 0.3) is 0 Å². The van der Waals surface area contributed by atoms with Crippen molar-refractivity contribution in [1.82, 2.24) is 9.62 Å². The summed E-state index contributed by atoms with van der Waals surface area (Å²) in [5, 5.41) is 0. The first-order chi connectivity index (χ1) is 12.3. The summed E-state index contributed by atoms with van der Waals surface area (Å²) >= 11 is 3.32. The van der Waals surface area contributed by atoms with Gasteiger partial charge in [-0.3, -0.25) is 0 Å². The van der Waals surface area contributed by atoms with E-state index in [9.17, 15) is 8.42 Å². The lowest BCUT2D eigenvalue weighted by atomic mass is 10.1. The molecule has 1 atom stereocenters. The van der Waals surface area contributed by atoms with Crippen LogP contribution in [0.5, 0.6) is 11.5 Å². The van der Waals surface area contributed by atoms with E-state index in [0.29, 0.717) is 10.2 Å². The molecule has 0 spiro atoms. The van der Waals surface area contributed by atoms with Crippen molar-refractivity contribution in [3.8, 4) is 11.5 Å². The summed E-state index contributed by atoms with van der Waals surface area (Å²) in [4.78, 5) is 2.13. The molecule has 0 fully saturated rings. The average molecular weight is 443 g/mol. The normalized spacial score (nSPS) is 12.8. The molecule has 8 heteroatoms. The smallest absolute Gasteiger partial charge is 0.240 e. The highest BCUT2D eigenvalue weighted by molar-refractivity contribution is 9.10. The number of rotatable bonds is 8. The summed E-state index contributed by atoms with van der Waals surface area (Å²) in [5.41, 5.74) is 0.966. The number of ether oxygens (including phenoxy) is 2. The van der Waals surface area contributed by atoms with Gasteiger partial charge in [-0.1, -0.05) is 12.1 Å². The van der Waals surface area contributed by atoms with E-state index in [4.69, 9.17) is 9.47 Å². The minimum atomic E-state index is -3.65. The van der Waals surface area contributed by atoms with Crippen LogP contribution in [0.2, 0.25) is 0 Å². The molecule has 0 bridgehead atoms. The molecule has 0 radical (unpaired) electrons. The molecule has 142 valence electrons. The Hall–Kier alpha value is -1.61. The molecule has 1 unspecified atom stereocenters. The van der Waals surface area contributed by atoms with E-state index < -0.39 is 10.0 Å². The number of hydrogen-bond acceptors (Lipinski definition) is 5. The van der Waals surface area contributed by atoms with Crippen LogP contribution in [-0.2, 0) is 10.0 Å². The summed E-state index contributed by atoms with van der Waals surface area (Å²) in [7, 11) is 3.29. The molecule has 2 aromatic carbocycles. The number of methoxy groups -OCH3 is 2. The first-order valence-corrected chi connectivity index (χ1v) is 10.2. The van der Waals surface area contributed by atoms with E-state index >= 15 is 0 Å². The highest BCUT2D eigenvalue weighted by Gasteiger charge is 2.21. The molecule has 2 aromatic rings. The molecule has 0 heterocycles. The van der Waals surface area contributed by atoms with E-state index in [2.05, 4.69) is 20.7 Å². The summed E-state index contributed by atoms with van der Waals surface area (Å²) < 4.78 is 39.0. The minimum Gasteiger partial charge on any atom is -0.497 e. The number of sulfonamides is 1. The molecule has 0 aliphatic carbocycles. The Morgan fingerprint density at radius 1 is 1.12 bits per heavy atom. The lowest BCUT2D eigenvalue weighted by molar-refractivity contribution is 0.298. The Morgan fingerprint density at radius 3 is 2.42 bits per heavy atom. The van der Waals surface area contributed by atoms with Gasteiger partial charge in [0.2, 0.25) is 10.0 Å². The second-order valence-corrected chi connectivity index (χ2v) is 8.53. The number of nitrogens with zero attached hydrogens (tertiary/aromatic N) is 1. The van der Waals surface area contributed by atoms with E-state index in [1.807, 2.05) is 43.3 Å². The first kappa shape index (κ1) is 20.7. The maximum Gasteiger partial charge on any atom is 0.240 e. The van der Waals surface area contributed by atoms with Crippen molar-refractivity contribution in [2.75, 3.05) is 34.9 Å². The van der Waals surface area contributed by atoms with Crippen LogP contribution in [0.3, 0.4) is 0 Å². The monoisotopic (exact) mass is 442 g/mol. The van der Waals surface area contributed by atoms with Crippen molar-refractivity contribution in [1.29, 1.82) is 0 Å². The van der Waals surface area contributed by atoms with Gasteiger partial charge in [-0.25, -0.2) is 13.1 Å². The molecule has 0 amide bonds. The Labute approximate surface area is 163 Å². The summed E-state index contributed by atoms with van der Waals surface area (Å²) in [6, 6.07) is 12.1. The molecule has 0 saturated heterocycles. The Kier molecular flexibility index (Phi) is 7.05. The van der Waals surface area contributed by atoms with Crippen molar-refractivity contribution >= 4 is 26.0 Å². The standard InChI is InChI=1S/C18H23BrN2O4S/c1-21(2)17(13-6-5-7-14(10-13)24-3)12-20-26(22,23)15-8-9-18(25-4)16(19)11-15/h5-11,17,20H,12H2,1-4H3. The molecule has 26 heavy (non-hydrogen) atoms. The van der Waals surface area contributed by atoms with Crippen LogP contribution < -0.4 is 14.2 Å². The van der Waals surface area contributed by atoms with E-state index in [-0.39, 0.29) is 17.5 Å². The van der Waals surface area contributed by atoms with Crippen LogP contribution in [0, 0.1) is 0 Å². The van der Waals surface area contributed by atoms with Gasteiger partial charge in [0.1, 0.15) is 11.5 Å². The van der Waals surface area contributed by atoms with Gasteiger partial charge in [-0.15, -0.1) is 0 Å². The van der Waals surface area contributed by atoms with Crippen molar-refractivity contribution in [3.63, 3.8) is 0 Å². The van der Waals surface area contributed by atoms with Crippen LogP contribution >= 0.6 is 15.9 Å². The zero-order valence-corrected chi connectivity index (χ0v) is 17.6. The highest BCUT2D eigenvalue weighted by Crippen LogP contribution is 2.28. The first-order valence-electron chi connectivity index (χ1n) is 7.92. The van der Waals surface area contributed by atoms with Crippen molar-refractivity contribution in [2.45, 2.75) is 10.9 Å². The fourth-order valence-corrected chi connectivity index (χ4v) is 4.29.